The second kappa shape index (κ2) is 8.37. The zero-order valence-electron chi connectivity index (χ0n) is 12.2. The number of aliphatic carboxylic acids is 1. The van der Waals surface area contributed by atoms with Gasteiger partial charge in [-0.2, -0.15) is 13.2 Å². The molecule has 0 unspecified atom stereocenters. The van der Waals surface area contributed by atoms with Gasteiger partial charge in [0.1, 0.15) is 13.2 Å². The number of nitrogens with one attached hydrogen (secondary N) is 1. The number of hydrogen-bond donors (Lipinski definition) is 2. The number of carbonyl (C=O) groups excluding carboxylic acids is 1. The van der Waals surface area contributed by atoms with Crippen molar-refractivity contribution in [3.8, 4) is 0 Å². The van der Waals surface area contributed by atoms with Crippen molar-refractivity contribution in [3.05, 3.63) is 35.9 Å². The molecule has 1 aromatic carbocycles. The number of amides is 1. The summed E-state index contributed by atoms with van der Waals surface area (Å²) in [6.07, 6.45) is -7.05. The Hall–Kier alpha value is -2.29. The van der Waals surface area contributed by atoms with E-state index in [-0.39, 0.29) is 6.61 Å². The Morgan fingerprint density at radius 2 is 1.87 bits per heavy atom. The average molecular weight is 335 g/mol. The van der Waals surface area contributed by atoms with Crippen molar-refractivity contribution in [1.29, 1.82) is 0 Å². The Morgan fingerprint density at radius 3 is 2.39 bits per heavy atom. The quantitative estimate of drug-likeness (QED) is 0.799. The molecular weight excluding hydrogens is 319 g/mol. The van der Waals surface area contributed by atoms with Gasteiger partial charge in [-0.15, -0.1) is 0 Å². The van der Waals surface area contributed by atoms with Crippen molar-refractivity contribution in [3.63, 3.8) is 0 Å². The first-order chi connectivity index (χ1) is 10.7. The topological polar surface area (TPSA) is 84.9 Å². The number of halogens is 3. The lowest BCUT2D eigenvalue weighted by molar-refractivity contribution is -0.188. The van der Waals surface area contributed by atoms with E-state index in [0.29, 0.717) is 5.56 Å². The third-order valence-electron chi connectivity index (χ3n) is 2.73. The molecule has 9 heteroatoms. The molecule has 0 aliphatic heterocycles. The molecule has 0 heterocycles. The van der Waals surface area contributed by atoms with Crippen LogP contribution in [0.2, 0.25) is 0 Å². The lowest BCUT2D eigenvalue weighted by Crippen LogP contribution is -2.49. The van der Waals surface area contributed by atoms with Crippen LogP contribution in [0.25, 0.3) is 0 Å². The van der Waals surface area contributed by atoms with Gasteiger partial charge in [-0.3, -0.25) is 0 Å². The molecule has 1 amide bonds. The van der Waals surface area contributed by atoms with Crippen LogP contribution in [0, 0.1) is 0 Å². The molecule has 2 atom stereocenters. The van der Waals surface area contributed by atoms with Crippen molar-refractivity contribution in [2.45, 2.75) is 31.9 Å². The fraction of sp³-hybridized carbons (Fsp3) is 0.429. The van der Waals surface area contributed by atoms with E-state index in [4.69, 9.17) is 9.84 Å². The molecule has 0 aliphatic carbocycles. The summed E-state index contributed by atoms with van der Waals surface area (Å²) in [6, 6.07) is 6.94. The van der Waals surface area contributed by atoms with Crippen LogP contribution in [0.1, 0.15) is 12.5 Å². The molecule has 1 aromatic rings. The number of alkyl carbamates (subject to hydrolysis) is 1. The Bertz CT molecular complexity index is 521. The highest BCUT2D eigenvalue weighted by molar-refractivity contribution is 5.80. The summed E-state index contributed by atoms with van der Waals surface area (Å²) in [6.45, 7) is -0.600. The maximum absolute atomic E-state index is 12.1. The highest BCUT2D eigenvalue weighted by Gasteiger charge is 2.33. The van der Waals surface area contributed by atoms with Gasteiger partial charge in [0.25, 0.3) is 0 Å². The number of carboxylic acids is 1. The molecule has 0 fully saturated rings. The standard InChI is InChI=1S/C14H16F3NO5/c1-9(23-8-14(15,16)17)11(12(19)20)18-13(21)22-7-10-5-3-2-4-6-10/h2-6,9,11H,7-8H2,1H3,(H,18,21)(H,19,20)/t9-,11+/m1/s1. The summed E-state index contributed by atoms with van der Waals surface area (Å²) in [5.41, 5.74) is 0.677. The number of carbonyl (C=O) groups is 2. The minimum absolute atomic E-state index is 0.100. The van der Waals surface area contributed by atoms with Crippen molar-refractivity contribution in [2.24, 2.45) is 0 Å². The summed E-state index contributed by atoms with van der Waals surface area (Å²) >= 11 is 0. The molecule has 0 radical (unpaired) electrons. The predicted octanol–water partition coefficient (Wildman–Crippen LogP) is 2.33. The van der Waals surface area contributed by atoms with Gasteiger partial charge >= 0.3 is 18.2 Å². The van der Waals surface area contributed by atoms with Crippen molar-refractivity contribution < 1.29 is 37.3 Å². The molecule has 0 saturated carbocycles. The first kappa shape index (κ1) is 18.8. The zero-order valence-corrected chi connectivity index (χ0v) is 12.2. The first-order valence-electron chi connectivity index (χ1n) is 6.57. The molecule has 0 aromatic heterocycles. The van der Waals surface area contributed by atoms with Crippen LogP contribution in [0.5, 0.6) is 0 Å². The SMILES string of the molecule is C[C@@H](OCC(F)(F)F)[C@H](NC(=O)OCc1ccccc1)C(=O)O. The van der Waals surface area contributed by atoms with E-state index in [2.05, 4.69) is 4.74 Å². The highest BCUT2D eigenvalue weighted by atomic mass is 19.4. The number of carboxylic acid groups (broad SMARTS) is 1. The van der Waals surface area contributed by atoms with Crippen molar-refractivity contribution in [1.82, 2.24) is 5.32 Å². The Labute approximate surface area is 130 Å². The van der Waals surface area contributed by atoms with Gasteiger partial charge in [0, 0.05) is 0 Å². The number of hydrogen-bond acceptors (Lipinski definition) is 4. The van der Waals surface area contributed by atoms with E-state index in [9.17, 15) is 22.8 Å². The summed E-state index contributed by atoms with van der Waals surface area (Å²) in [5.74, 6) is -1.53. The Morgan fingerprint density at radius 1 is 1.26 bits per heavy atom. The Balaban J connectivity index is 2.51. The van der Waals surface area contributed by atoms with E-state index in [1.54, 1.807) is 30.3 Å². The summed E-state index contributed by atoms with van der Waals surface area (Å²) in [7, 11) is 0. The predicted molar refractivity (Wildman–Crippen MR) is 72.7 cm³/mol. The van der Waals surface area contributed by atoms with Gasteiger partial charge in [-0.25, -0.2) is 9.59 Å². The second-order valence-corrected chi connectivity index (χ2v) is 4.65. The monoisotopic (exact) mass is 335 g/mol. The minimum atomic E-state index is -4.59. The molecule has 0 bridgehead atoms. The van der Waals surface area contributed by atoms with Crippen LogP contribution in [-0.4, -0.2) is 42.1 Å². The van der Waals surface area contributed by atoms with Crippen LogP contribution in [0.3, 0.4) is 0 Å². The van der Waals surface area contributed by atoms with Crippen LogP contribution in [-0.2, 0) is 20.9 Å². The number of benzene rings is 1. The fourth-order valence-corrected chi connectivity index (χ4v) is 1.59. The second-order valence-electron chi connectivity index (χ2n) is 4.65. The lowest BCUT2D eigenvalue weighted by Gasteiger charge is -2.22. The van der Waals surface area contributed by atoms with E-state index in [1.807, 2.05) is 5.32 Å². The molecule has 1 rings (SSSR count). The molecule has 0 spiro atoms. The number of ether oxygens (including phenoxy) is 2. The van der Waals surface area contributed by atoms with E-state index in [0.717, 1.165) is 6.92 Å². The van der Waals surface area contributed by atoms with Crippen molar-refractivity contribution in [2.75, 3.05) is 6.61 Å². The lowest BCUT2D eigenvalue weighted by atomic mass is 10.2. The molecule has 2 N–H and O–H groups in total. The normalized spacial score (nSPS) is 13.9. The van der Waals surface area contributed by atoms with Gasteiger partial charge in [0.2, 0.25) is 0 Å². The summed E-state index contributed by atoms with van der Waals surface area (Å²) in [4.78, 5) is 22.6. The van der Waals surface area contributed by atoms with E-state index in [1.165, 1.54) is 0 Å². The highest BCUT2D eigenvalue weighted by Crippen LogP contribution is 2.16. The smallest absolute Gasteiger partial charge is 0.411 e. The maximum Gasteiger partial charge on any atom is 0.411 e. The van der Waals surface area contributed by atoms with E-state index < -0.39 is 37.0 Å². The van der Waals surface area contributed by atoms with Gasteiger partial charge in [-0.05, 0) is 12.5 Å². The van der Waals surface area contributed by atoms with Crippen LogP contribution >= 0.6 is 0 Å². The maximum atomic E-state index is 12.1. The largest absolute Gasteiger partial charge is 0.480 e. The molecule has 23 heavy (non-hydrogen) atoms. The van der Waals surface area contributed by atoms with E-state index >= 15 is 0 Å². The van der Waals surface area contributed by atoms with Gasteiger partial charge < -0.3 is 19.9 Å². The molecular formula is C14H16F3NO5. The number of rotatable bonds is 7. The van der Waals surface area contributed by atoms with Gasteiger partial charge in [0.15, 0.2) is 6.04 Å². The van der Waals surface area contributed by atoms with Gasteiger partial charge in [-0.1, -0.05) is 30.3 Å². The molecule has 0 saturated heterocycles. The zero-order chi connectivity index (χ0) is 17.5. The van der Waals surface area contributed by atoms with Crippen LogP contribution in [0.4, 0.5) is 18.0 Å². The molecule has 6 nitrogen and oxygen atoms in total. The van der Waals surface area contributed by atoms with Crippen LogP contribution < -0.4 is 5.32 Å². The van der Waals surface area contributed by atoms with Crippen LogP contribution in [0.15, 0.2) is 30.3 Å². The summed E-state index contributed by atoms with van der Waals surface area (Å²) in [5, 5.41) is 10.9. The van der Waals surface area contributed by atoms with Gasteiger partial charge in [0.05, 0.1) is 6.10 Å². The first-order valence-corrected chi connectivity index (χ1v) is 6.57. The third kappa shape index (κ3) is 7.50. The average Bonchev–Trinajstić information content (AvgIpc) is 2.48. The molecule has 0 aliphatic rings. The third-order valence-corrected chi connectivity index (χ3v) is 2.73. The molecule has 128 valence electrons. The Kier molecular flexibility index (Phi) is 6.83. The fourth-order valence-electron chi connectivity index (χ4n) is 1.59. The minimum Gasteiger partial charge on any atom is -0.480 e. The van der Waals surface area contributed by atoms with Crippen molar-refractivity contribution >= 4 is 12.1 Å². The summed E-state index contributed by atoms with van der Waals surface area (Å²) < 4.78 is 45.4. The number of alkyl halides is 3.